The van der Waals surface area contributed by atoms with Gasteiger partial charge in [0.05, 0.1) is 5.56 Å². The summed E-state index contributed by atoms with van der Waals surface area (Å²) in [5.41, 5.74) is 0.465. The second-order valence-corrected chi connectivity index (χ2v) is 4.64. The first kappa shape index (κ1) is 12.1. The molecular formula is C13H9NO3S. The number of benzene rings is 1. The van der Waals surface area contributed by atoms with Crippen LogP contribution >= 0.6 is 11.3 Å². The number of rotatable bonds is 4. The Morgan fingerprint density at radius 1 is 1.33 bits per heavy atom. The van der Waals surface area contributed by atoms with Crippen LogP contribution in [0.2, 0.25) is 0 Å². The van der Waals surface area contributed by atoms with Gasteiger partial charge in [-0.2, -0.15) is 5.26 Å². The molecule has 0 saturated heterocycles. The van der Waals surface area contributed by atoms with E-state index >= 15 is 0 Å². The van der Waals surface area contributed by atoms with Crippen molar-refractivity contribution in [2.75, 3.05) is 0 Å². The van der Waals surface area contributed by atoms with E-state index in [0.29, 0.717) is 11.3 Å². The molecule has 0 radical (unpaired) electrons. The van der Waals surface area contributed by atoms with Crippen molar-refractivity contribution in [3.63, 3.8) is 0 Å². The molecule has 18 heavy (non-hydrogen) atoms. The Balaban J connectivity index is 2.07. The van der Waals surface area contributed by atoms with Crippen molar-refractivity contribution >= 4 is 17.3 Å². The van der Waals surface area contributed by atoms with Gasteiger partial charge in [-0.25, -0.2) is 4.79 Å². The van der Waals surface area contributed by atoms with Gasteiger partial charge in [-0.05, 0) is 24.3 Å². The van der Waals surface area contributed by atoms with E-state index in [-0.39, 0.29) is 11.5 Å². The number of hydrogen-bond donors (Lipinski definition) is 1. The van der Waals surface area contributed by atoms with Gasteiger partial charge >= 0.3 is 5.97 Å². The van der Waals surface area contributed by atoms with E-state index < -0.39 is 5.97 Å². The minimum atomic E-state index is -0.941. The summed E-state index contributed by atoms with van der Waals surface area (Å²) < 4.78 is 5.50. The molecule has 0 amide bonds. The molecule has 0 fully saturated rings. The van der Waals surface area contributed by atoms with Gasteiger partial charge in [0.15, 0.2) is 0 Å². The molecule has 90 valence electrons. The lowest BCUT2D eigenvalue weighted by Crippen LogP contribution is -1.95. The Morgan fingerprint density at radius 3 is 2.78 bits per heavy atom. The maximum atomic E-state index is 10.7. The maximum absolute atomic E-state index is 10.7. The monoisotopic (exact) mass is 259 g/mol. The Hall–Kier alpha value is -2.32. The Kier molecular flexibility index (Phi) is 3.60. The number of carbonyl (C=O) groups is 1. The highest BCUT2D eigenvalue weighted by molar-refractivity contribution is 7.13. The van der Waals surface area contributed by atoms with E-state index in [9.17, 15) is 4.79 Å². The van der Waals surface area contributed by atoms with E-state index in [1.165, 1.54) is 11.3 Å². The molecule has 0 atom stereocenters. The fourth-order valence-corrected chi connectivity index (χ4v) is 2.16. The maximum Gasteiger partial charge on any atom is 0.345 e. The molecule has 0 saturated carbocycles. The van der Waals surface area contributed by atoms with E-state index in [4.69, 9.17) is 15.1 Å². The zero-order valence-corrected chi connectivity index (χ0v) is 10.1. The van der Waals surface area contributed by atoms with Crippen LogP contribution in [0, 0.1) is 11.3 Å². The molecule has 1 aromatic carbocycles. The zero-order valence-electron chi connectivity index (χ0n) is 9.29. The van der Waals surface area contributed by atoms with Crippen LogP contribution in [0.15, 0.2) is 36.4 Å². The number of ether oxygens (including phenoxy) is 1. The predicted molar refractivity (Wildman–Crippen MR) is 66.8 cm³/mol. The van der Waals surface area contributed by atoms with Crippen LogP contribution in [0.3, 0.4) is 0 Å². The van der Waals surface area contributed by atoms with Crippen molar-refractivity contribution in [1.82, 2.24) is 0 Å². The number of carboxylic acid groups (broad SMARTS) is 1. The molecule has 0 aliphatic heterocycles. The van der Waals surface area contributed by atoms with Crippen LogP contribution in [-0.2, 0) is 6.61 Å². The molecule has 0 bridgehead atoms. The van der Waals surface area contributed by atoms with Crippen LogP contribution in [0.5, 0.6) is 5.75 Å². The van der Waals surface area contributed by atoms with Crippen molar-refractivity contribution in [3.05, 3.63) is 51.7 Å². The number of nitrogens with zero attached hydrogens (tertiary/aromatic N) is 1. The van der Waals surface area contributed by atoms with E-state index in [1.54, 1.807) is 36.4 Å². The number of hydrogen-bond acceptors (Lipinski definition) is 4. The first-order valence-electron chi connectivity index (χ1n) is 5.14. The van der Waals surface area contributed by atoms with Crippen LogP contribution in [0.25, 0.3) is 0 Å². The molecule has 0 unspecified atom stereocenters. The molecule has 5 heteroatoms. The first-order chi connectivity index (χ1) is 8.70. The number of nitriles is 1. The Bertz CT molecular complexity index is 613. The van der Waals surface area contributed by atoms with E-state index in [0.717, 1.165) is 4.88 Å². The number of aromatic carboxylic acids is 1. The van der Waals surface area contributed by atoms with Gasteiger partial charge < -0.3 is 9.84 Å². The van der Waals surface area contributed by atoms with Crippen LogP contribution in [0.1, 0.15) is 20.1 Å². The lowest BCUT2D eigenvalue weighted by molar-refractivity contribution is 0.0702. The highest BCUT2D eigenvalue weighted by Gasteiger charge is 2.08. The van der Waals surface area contributed by atoms with E-state index in [2.05, 4.69) is 0 Å². The van der Waals surface area contributed by atoms with Crippen LogP contribution < -0.4 is 4.74 Å². The van der Waals surface area contributed by atoms with Gasteiger partial charge in [0.1, 0.15) is 23.3 Å². The first-order valence-corrected chi connectivity index (χ1v) is 5.96. The third-order valence-corrected chi connectivity index (χ3v) is 3.30. The molecule has 4 nitrogen and oxygen atoms in total. The molecule has 0 spiro atoms. The third-order valence-electron chi connectivity index (χ3n) is 2.25. The van der Waals surface area contributed by atoms with Gasteiger partial charge in [0.2, 0.25) is 0 Å². The second kappa shape index (κ2) is 5.34. The summed E-state index contributed by atoms with van der Waals surface area (Å²) in [7, 11) is 0. The number of thiophene rings is 1. The normalized spacial score (nSPS) is 9.72. The lowest BCUT2D eigenvalue weighted by Gasteiger charge is -2.05. The molecule has 2 rings (SSSR count). The van der Waals surface area contributed by atoms with E-state index in [1.807, 2.05) is 6.07 Å². The Labute approximate surface area is 108 Å². The van der Waals surface area contributed by atoms with Crippen LogP contribution in [-0.4, -0.2) is 11.1 Å². The van der Waals surface area contributed by atoms with Gasteiger partial charge in [0.25, 0.3) is 0 Å². The average molecular weight is 259 g/mol. The van der Waals surface area contributed by atoms with Gasteiger partial charge in [-0.15, -0.1) is 11.3 Å². The number of para-hydroxylation sites is 1. The highest BCUT2D eigenvalue weighted by atomic mass is 32.1. The third kappa shape index (κ3) is 2.67. The minimum Gasteiger partial charge on any atom is -0.487 e. The summed E-state index contributed by atoms with van der Waals surface area (Å²) in [4.78, 5) is 11.8. The smallest absolute Gasteiger partial charge is 0.345 e. The van der Waals surface area contributed by atoms with Crippen LogP contribution in [0.4, 0.5) is 0 Å². The van der Waals surface area contributed by atoms with Crippen molar-refractivity contribution in [2.45, 2.75) is 6.61 Å². The van der Waals surface area contributed by atoms with Crippen molar-refractivity contribution in [3.8, 4) is 11.8 Å². The largest absolute Gasteiger partial charge is 0.487 e. The molecule has 1 N–H and O–H groups in total. The summed E-state index contributed by atoms with van der Waals surface area (Å²) >= 11 is 1.17. The van der Waals surface area contributed by atoms with Crippen molar-refractivity contribution in [1.29, 1.82) is 5.26 Å². The predicted octanol–water partition coefficient (Wildman–Crippen LogP) is 2.90. The molecule has 0 aliphatic carbocycles. The summed E-state index contributed by atoms with van der Waals surface area (Å²) in [5.74, 6) is -0.436. The quantitative estimate of drug-likeness (QED) is 0.916. The molecule has 1 aromatic heterocycles. The Morgan fingerprint density at radius 2 is 2.11 bits per heavy atom. The number of carboxylic acids is 1. The summed E-state index contributed by atoms with van der Waals surface area (Å²) in [6.45, 7) is 0.261. The highest BCUT2D eigenvalue weighted by Crippen LogP contribution is 2.21. The van der Waals surface area contributed by atoms with Crippen molar-refractivity contribution < 1.29 is 14.6 Å². The summed E-state index contributed by atoms with van der Waals surface area (Å²) in [6, 6.07) is 12.2. The topological polar surface area (TPSA) is 70.3 Å². The fourth-order valence-electron chi connectivity index (χ4n) is 1.40. The van der Waals surface area contributed by atoms with Crippen molar-refractivity contribution in [2.24, 2.45) is 0 Å². The minimum absolute atomic E-state index is 0.261. The molecule has 1 heterocycles. The average Bonchev–Trinajstić information content (AvgIpc) is 2.85. The van der Waals surface area contributed by atoms with Gasteiger partial charge in [0, 0.05) is 4.88 Å². The SMILES string of the molecule is N#Cc1ccccc1OCc1ccc(C(=O)O)s1. The zero-order chi connectivity index (χ0) is 13.0. The summed E-state index contributed by atoms with van der Waals surface area (Å²) in [5, 5.41) is 17.7. The summed E-state index contributed by atoms with van der Waals surface area (Å²) in [6.07, 6.45) is 0. The fraction of sp³-hybridized carbons (Fsp3) is 0.0769. The molecular weight excluding hydrogens is 250 g/mol. The molecule has 2 aromatic rings. The standard InChI is InChI=1S/C13H9NO3S/c14-7-9-3-1-2-4-11(9)17-8-10-5-6-12(18-10)13(15)16/h1-6H,8H2,(H,15,16). The second-order valence-electron chi connectivity index (χ2n) is 3.47. The van der Waals surface area contributed by atoms with Gasteiger partial charge in [-0.3, -0.25) is 0 Å². The molecule has 0 aliphatic rings. The van der Waals surface area contributed by atoms with Gasteiger partial charge in [-0.1, -0.05) is 12.1 Å². The lowest BCUT2D eigenvalue weighted by atomic mass is 10.2.